The Hall–Kier alpha value is -1.94. The Balaban J connectivity index is 1.69. The lowest BCUT2D eigenvalue weighted by Crippen LogP contribution is -2.11. The van der Waals surface area contributed by atoms with Gasteiger partial charge in [-0.2, -0.15) is 8.78 Å². The van der Waals surface area contributed by atoms with E-state index in [1.165, 1.54) is 17.7 Å². The maximum absolute atomic E-state index is 13.9. The normalized spacial score (nSPS) is 20.7. The minimum absolute atomic E-state index is 0.442. The third-order valence-electron chi connectivity index (χ3n) is 4.98. The second-order valence-electron chi connectivity index (χ2n) is 6.58. The van der Waals surface area contributed by atoms with Crippen LogP contribution in [0.4, 0.5) is 13.2 Å². The van der Waals surface area contributed by atoms with Crippen molar-refractivity contribution in [3.63, 3.8) is 0 Å². The van der Waals surface area contributed by atoms with Gasteiger partial charge >= 0.3 is 6.61 Å². The first-order valence-electron chi connectivity index (χ1n) is 8.68. The minimum atomic E-state index is -3.04. The molecule has 1 aliphatic carbocycles. The summed E-state index contributed by atoms with van der Waals surface area (Å²) < 4.78 is 42.5. The highest BCUT2D eigenvalue weighted by molar-refractivity contribution is 6.25. The molecule has 0 saturated heterocycles. The van der Waals surface area contributed by atoms with Crippen molar-refractivity contribution in [3.8, 4) is 16.9 Å². The summed E-state index contributed by atoms with van der Waals surface area (Å²) in [5, 5.41) is 0. The number of halogens is 4. The van der Waals surface area contributed by atoms with Gasteiger partial charge in [0.25, 0.3) is 0 Å². The van der Waals surface area contributed by atoms with Gasteiger partial charge in [0.15, 0.2) is 11.6 Å². The van der Waals surface area contributed by atoms with E-state index in [4.69, 9.17) is 11.6 Å². The summed E-state index contributed by atoms with van der Waals surface area (Å²) >= 11 is 5.66. The summed E-state index contributed by atoms with van der Waals surface area (Å²) in [5.74, 6) is -0.136. The van der Waals surface area contributed by atoms with Crippen LogP contribution in [-0.4, -0.2) is 6.61 Å². The van der Waals surface area contributed by atoms with Crippen molar-refractivity contribution in [2.24, 2.45) is 5.92 Å². The van der Waals surface area contributed by atoms with Gasteiger partial charge in [0.2, 0.25) is 0 Å². The molecule has 1 aliphatic rings. The summed E-state index contributed by atoms with van der Waals surface area (Å²) in [7, 11) is 0. The standard InChI is InChI=1S/C21H20ClF3O/c22-12-11-14-1-3-15(4-2-14)16-5-7-17(8-6-16)18-9-10-20(19(23)13-18)26-21(24)25/h5-15,21H,1-4H2/b12-11+. The molecule has 0 aliphatic heterocycles. The fraction of sp³-hybridized carbons (Fsp3) is 0.333. The van der Waals surface area contributed by atoms with Gasteiger partial charge < -0.3 is 4.74 Å². The molecule has 5 heteroatoms. The maximum Gasteiger partial charge on any atom is 0.387 e. The van der Waals surface area contributed by atoms with Gasteiger partial charge in [0.1, 0.15) is 0 Å². The predicted octanol–water partition coefficient (Wildman–Crippen LogP) is 7.12. The van der Waals surface area contributed by atoms with Crippen molar-refractivity contribution >= 4 is 11.6 Å². The lowest BCUT2D eigenvalue weighted by atomic mass is 9.78. The van der Waals surface area contributed by atoms with Gasteiger partial charge in [-0.1, -0.05) is 48.0 Å². The molecule has 2 aromatic rings. The first kappa shape index (κ1) is 18.8. The van der Waals surface area contributed by atoms with Gasteiger partial charge in [-0.3, -0.25) is 0 Å². The molecular weight excluding hydrogens is 361 g/mol. The summed E-state index contributed by atoms with van der Waals surface area (Å²) in [4.78, 5) is 0. The smallest absolute Gasteiger partial charge is 0.387 e. The van der Waals surface area contributed by atoms with Crippen molar-refractivity contribution in [1.29, 1.82) is 0 Å². The SMILES string of the molecule is Fc1cc(-c2ccc(C3CCC(/C=C/Cl)CC3)cc2)ccc1OC(F)F. The van der Waals surface area contributed by atoms with Crippen LogP contribution < -0.4 is 4.74 Å². The van der Waals surface area contributed by atoms with E-state index >= 15 is 0 Å². The van der Waals surface area contributed by atoms with E-state index < -0.39 is 18.2 Å². The second kappa shape index (κ2) is 8.63. The number of benzene rings is 2. The van der Waals surface area contributed by atoms with Gasteiger partial charge in [0.05, 0.1) is 0 Å². The van der Waals surface area contributed by atoms with Crippen LogP contribution in [0.25, 0.3) is 11.1 Å². The highest BCUT2D eigenvalue weighted by atomic mass is 35.5. The molecule has 2 aromatic carbocycles. The number of hydrogen-bond donors (Lipinski definition) is 0. The van der Waals surface area contributed by atoms with Crippen LogP contribution in [0.15, 0.2) is 54.1 Å². The Labute approximate surface area is 156 Å². The number of alkyl halides is 2. The molecule has 0 bridgehead atoms. The van der Waals surface area contributed by atoms with Crippen molar-refractivity contribution in [3.05, 3.63) is 65.5 Å². The average molecular weight is 381 g/mol. The molecule has 0 N–H and O–H groups in total. The lowest BCUT2D eigenvalue weighted by molar-refractivity contribution is -0.0521. The fourth-order valence-electron chi connectivity index (χ4n) is 3.57. The van der Waals surface area contributed by atoms with Crippen LogP contribution in [0, 0.1) is 11.7 Å². The molecule has 0 unspecified atom stereocenters. The molecule has 138 valence electrons. The van der Waals surface area contributed by atoms with Gasteiger partial charge in [0, 0.05) is 5.54 Å². The molecule has 1 nitrogen and oxygen atoms in total. The van der Waals surface area contributed by atoms with Crippen molar-refractivity contribution in [2.45, 2.75) is 38.2 Å². The summed E-state index contributed by atoms with van der Waals surface area (Å²) in [6.07, 6.45) is 6.58. The van der Waals surface area contributed by atoms with Crippen LogP contribution in [-0.2, 0) is 0 Å². The zero-order valence-corrected chi connectivity index (χ0v) is 14.9. The highest BCUT2D eigenvalue weighted by Gasteiger charge is 2.20. The summed E-state index contributed by atoms with van der Waals surface area (Å²) in [6.45, 7) is -3.04. The zero-order valence-electron chi connectivity index (χ0n) is 14.2. The van der Waals surface area contributed by atoms with Crippen molar-refractivity contribution in [2.75, 3.05) is 0 Å². The summed E-state index contributed by atoms with van der Waals surface area (Å²) in [5.41, 5.74) is 4.36. The molecule has 0 heterocycles. The Morgan fingerprint density at radius 2 is 1.62 bits per heavy atom. The molecule has 3 rings (SSSR count). The maximum atomic E-state index is 13.9. The molecule has 0 spiro atoms. The molecule has 0 aromatic heterocycles. The van der Waals surface area contributed by atoms with E-state index in [9.17, 15) is 13.2 Å². The third kappa shape index (κ3) is 4.61. The second-order valence-corrected chi connectivity index (χ2v) is 6.83. The Bertz CT molecular complexity index is 750. The number of rotatable bonds is 5. The van der Waals surface area contributed by atoms with E-state index in [2.05, 4.69) is 22.9 Å². The van der Waals surface area contributed by atoms with Gasteiger partial charge in [-0.05, 0) is 66.3 Å². The molecular formula is C21H20ClF3O. The van der Waals surface area contributed by atoms with Crippen LogP contribution in [0.3, 0.4) is 0 Å². The summed E-state index contributed by atoms with van der Waals surface area (Å²) in [6, 6.07) is 12.1. The Morgan fingerprint density at radius 1 is 0.962 bits per heavy atom. The zero-order chi connectivity index (χ0) is 18.5. The number of ether oxygens (including phenoxy) is 1. The molecule has 0 atom stereocenters. The van der Waals surface area contributed by atoms with E-state index in [0.29, 0.717) is 17.4 Å². The van der Waals surface area contributed by atoms with Crippen molar-refractivity contribution in [1.82, 2.24) is 0 Å². The van der Waals surface area contributed by atoms with E-state index in [0.717, 1.165) is 31.2 Å². The molecule has 0 radical (unpaired) electrons. The fourth-order valence-corrected chi connectivity index (χ4v) is 3.77. The largest absolute Gasteiger partial charge is 0.432 e. The molecule has 1 saturated carbocycles. The van der Waals surface area contributed by atoms with Crippen LogP contribution in [0.5, 0.6) is 5.75 Å². The van der Waals surface area contributed by atoms with E-state index in [1.807, 2.05) is 12.1 Å². The Kier molecular flexibility index (Phi) is 6.25. The topological polar surface area (TPSA) is 9.23 Å². The van der Waals surface area contributed by atoms with Crippen LogP contribution in [0.1, 0.15) is 37.2 Å². The lowest BCUT2D eigenvalue weighted by Gasteiger charge is -2.27. The van der Waals surface area contributed by atoms with Crippen LogP contribution >= 0.6 is 11.6 Å². The van der Waals surface area contributed by atoms with Gasteiger partial charge in [-0.25, -0.2) is 4.39 Å². The molecule has 0 amide bonds. The number of allylic oxidation sites excluding steroid dienone is 1. The minimum Gasteiger partial charge on any atom is -0.432 e. The van der Waals surface area contributed by atoms with E-state index in [1.54, 1.807) is 11.6 Å². The van der Waals surface area contributed by atoms with Crippen LogP contribution in [0.2, 0.25) is 0 Å². The molecule has 1 fully saturated rings. The first-order valence-corrected chi connectivity index (χ1v) is 9.12. The average Bonchev–Trinajstić information content (AvgIpc) is 2.64. The van der Waals surface area contributed by atoms with E-state index in [-0.39, 0.29) is 0 Å². The molecule has 26 heavy (non-hydrogen) atoms. The quantitative estimate of drug-likeness (QED) is 0.536. The highest BCUT2D eigenvalue weighted by Crippen LogP contribution is 2.37. The third-order valence-corrected chi connectivity index (χ3v) is 5.13. The predicted molar refractivity (Wildman–Crippen MR) is 98.2 cm³/mol. The Morgan fingerprint density at radius 3 is 2.19 bits per heavy atom. The first-order chi connectivity index (χ1) is 12.6. The van der Waals surface area contributed by atoms with Crippen molar-refractivity contribution < 1.29 is 17.9 Å². The van der Waals surface area contributed by atoms with Gasteiger partial charge in [-0.15, -0.1) is 0 Å². The number of hydrogen-bond acceptors (Lipinski definition) is 1. The monoisotopic (exact) mass is 380 g/mol.